The van der Waals surface area contributed by atoms with Crippen molar-refractivity contribution in [3.63, 3.8) is 0 Å². The first-order valence-electron chi connectivity index (χ1n) is 3.30. The normalized spacial score (nSPS) is 11.4. The zero-order valence-electron chi connectivity index (χ0n) is 6.94. The van der Waals surface area contributed by atoms with E-state index in [9.17, 15) is 0 Å². The maximum absolute atomic E-state index is 5.26. The molecule has 0 N–H and O–H groups in total. The van der Waals surface area contributed by atoms with E-state index in [0.29, 0.717) is 0 Å². The summed E-state index contributed by atoms with van der Waals surface area (Å²) >= 11 is 0. The highest BCUT2D eigenvalue weighted by Gasteiger charge is 2.06. The Kier molecular flexibility index (Phi) is 2.96. The lowest BCUT2D eigenvalue weighted by atomic mass is 9.94. The van der Waals surface area contributed by atoms with Crippen LogP contribution in [0, 0.1) is 17.8 Å². The van der Waals surface area contributed by atoms with Gasteiger partial charge in [-0.15, -0.1) is 6.42 Å². The number of terminal acetylenes is 1. The van der Waals surface area contributed by atoms with E-state index in [0.717, 1.165) is 5.57 Å². The molecular formula is C10H14. The van der Waals surface area contributed by atoms with Gasteiger partial charge in [0.1, 0.15) is 0 Å². The van der Waals surface area contributed by atoms with Crippen molar-refractivity contribution < 1.29 is 0 Å². The van der Waals surface area contributed by atoms with Gasteiger partial charge in [-0.25, -0.2) is 0 Å². The van der Waals surface area contributed by atoms with Crippen LogP contribution in [0.25, 0.3) is 0 Å². The van der Waals surface area contributed by atoms with Crippen LogP contribution < -0.4 is 0 Å². The van der Waals surface area contributed by atoms with E-state index >= 15 is 0 Å². The van der Waals surface area contributed by atoms with E-state index in [1.54, 1.807) is 0 Å². The highest BCUT2D eigenvalue weighted by molar-refractivity contribution is 5.20. The van der Waals surface area contributed by atoms with Crippen LogP contribution in [-0.4, -0.2) is 0 Å². The predicted octanol–water partition coefficient (Wildman–Crippen LogP) is 2.78. The number of rotatable bonds is 2. The summed E-state index contributed by atoms with van der Waals surface area (Å²) in [6, 6.07) is 0. The first kappa shape index (κ1) is 9.04. The molecule has 0 saturated carbocycles. The molecule has 0 amide bonds. The Balaban J connectivity index is 4.16. The second-order valence-corrected chi connectivity index (χ2v) is 3.05. The van der Waals surface area contributed by atoms with Crippen molar-refractivity contribution in [2.24, 2.45) is 5.41 Å². The highest BCUT2D eigenvalue weighted by Crippen LogP contribution is 2.15. The second-order valence-electron chi connectivity index (χ2n) is 3.05. The molecule has 10 heavy (non-hydrogen) atoms. The van der Waals surface area contributed by atoms with Crippen molar-refractivity contribution in [2.75, 3.05) is 0 Å². The van der Waals surface area contributed by atoms with Gasteiger partial charge in [-0.3, -0.25) is 0 Å². The molecule has 0 aliphatic rings. The zero-order valence-corrected chi connectivity index (χ0v) is 6.94. The van der Waals surface area contributed by atoms with Crippen molar-refractivity contribution >= 4 is 0 Å². The Labute approximate surface area is 63.6 Å². The molecule has 0 aliphatic carbocycles. The van der Waals surface area contributed by atoms with Gasteiger partial charge in [-0.2, -0.15) is 0 Å². The van der Waals surface area contributed by atoms with Gasteiger partial charge in [0.05, 0.1) is 0 Å². The fourth-order valence-corrected chi connectivity index (χ4v) is 0.399. The fourth-order valence-electron chi connectivity index (χ4n) is 0.399. The van der Waals surface area contributed by atoms with E-state index in [2.05, 4.69) is 12.5 Å². The van der Waals surface area contributed by atoms with Gasteiger partial charge in [0.2, 0.25) is 0 Å². The minimum absolute atomic E-state index is 0.140. The van der Waals surface area contributed by atoms with E-state index in [1.807, 2.05) is 32.9 Å². The Hall–Kier alpha value is -0.960. The van der Waals surface area contributed by atoms with Crippen LogP contribution >= 0.6 is 0 Å². The quantitative estimate of drug-likeness (QED) is 0.402. The lowest BCUT2D eigenvalue weighted by Crippen LogP contribution is -2.01. The third kappa shape index (κ3) is 3.97. The summed E-state index contributed by atoms with van der Waals surface area (Å²) in [7, 11) is 0. The lowest BCUT2D eigenvalue weighted by Gasteiger charge is -2.09. The molecule has 0 radical (unpaired) electrons. The van der Waals surface area contributed by atoms with E-state index in [4.69, 9.17) is 6.42 Å². The molecule has 0 aliphatic heterocycles. The molecule has 0 saturated heterocycles. The maximum Gasteiger partial charge on any atom is 0.0437 e. The molecule has 0 aromatic rings. The third-order valence-electron chi connectivity index (χ3n) is 1.16. The zero-order chi connectivity index (χ0) is 8.20. The van der Waals surface area contributed by atoms with Crippen LogP contribution in [0.1, 0.15) is 20.8 Å². The Bertz CT molecular complexity index is 187. The summed E-state index contributed by atoms with van der Waals surface area (Å²) in [6.45, 7) is 9.67. The first-order chi connectivity index (χ1) is 4.48. The molecule has 0 aromatic heterocycles. The molecule has 0 spiro atoms. The van der Waals surface area contributed by atoms with Crippen LogP contribution in [0.3, 0.4) is 0 Å². The third-order valence-corrected chi connectivity index (χ3v) is 1.16. The van der Waals surface area contributed by atoms with Crippen molar-refractivity contribution in [3.8, 4) is 12.3 Å². The highest BCUT2D eigenvalue weighted by atomic mass is 14.1. The SMILES string of the molecule is C#CC(C)(C)/C=C/C(=C)C. The van der Waals surface area contributed by atoms with Gasteiger partial charge < -0.3 is 0 Å². The lowest BCUT2D eigenvalue weighted by molar-refractivity contribution is 0.656. The average molecular weight is 134 g/mol. The van der Waals surface area contributed by atoms with Gasteiger partial charge in [0.25, 0.3) is 0 Å². The summed E-state index contributed by atoms with van der Waals surface area (Å²) in [5, 5.41) is 0. The van der Waals surface area contributed by atoms with Crippen LogP contribution in [0.5, 0.6) is 0 Å². The molecule has 0 heterocycles. The van der Waals surface area contributed by atoms with Gasteiger partial charge in [-0.05, 0) is 20.8 Å². The van der Waals surface area contributed by atoms with Crippen LogP contribution in [0.2, 0.25) is 0 Å². The van der Waals surface area contributed by atoms with E-state index < -0.39 is 0 Å². The fraction of sp³-hybridized carbons (Fsp3) is 0.400. The van der Waals surface area contributed by atoms with Crippen LogP contribution in [0.4, 0.5) is 0 Å². The van der Waals surface area contributed by atoms with E-state index in [-0.39, 0.29) is 5.41 Å². The molecular weight excluding hydrogens is 120 g/mol. The smallest absolute Gasteiger partial charge is 0.0437 e. The molecule has 0 rings (SSSR count). The van der Waals surface area contributed by atoms with Crippen LogP contribution in [-0.2, 0) is 0 Å². The topological polar surface area (TPSA) is 0 Å². The Morgan fingerprint density at radius 1 is 1.60 bits per heavy atom. The van der Waals surface area contributed by atoms with Crippen molar-refractivity contribution in [2.45, 2.75) is 20.8 Å². The van der Waals surface area contributed by atoms with Crippen LogP contribution in [0.15, 0.2) is 24.3 Å². The summed E-state index contributed by atoms with van der Waals surface area (Å²) in [5.41, 5.74) is 0.891. The molecule has 0 fully saturated rings. The molecule has 0 unspecified atom stereocenters. The number of hydrogen-bond acceptors (Lipinski definition) is 0. The summed E-state index contributed by atoms with van der Waals surface area (Å²) in [5.74, 6) is 2.67. The minimum atomic E-state index is -0.140. The van der Waals surface area contributed by atoms with Gasteiger partial charge in [0.15, 0.2) is 0 Å². The Morgan fingerprint density at radius 3 is 2.40 bits per heavy atom. The summed E-state index contributed by atoms with van der Waals surface area (Å²) in [6.07, 6.45) is 9.19. The average Bonchev–Trinajstić information content (AvgIpc) is 1.85. The minimum Gasteiger partial charge on any atom is -0.119 e. The predicted molar refractivity (Wildman–Crippen MR) is 46.6 cm³/mol. The Morgan fingerprint density at radius 2 is 2.10 bits per heavy atom. The summed E-state index contributed by atoms with van der Waals surface area (Å²) < 4.78 is 0. The molecule has 54 valence electrons. The first-order valence-corrected chi connectivity index (χ1v) is 3.30. The summed E-state index contributed by atoms with van der Waals surface area (Å²) in [4.78, 5) is 0. The number of hydrogen-bond donors (Lipinski definition) is 0. The molecule has 0 nitrogen and oxygen atoms in total. The maximum atomic E-state index is 5.26. The van der Waals surface area contributed by atoms with Gasteiger partial charge in [-0.1, -0.05) is 30.2 Å². The number of allylic oxidation sites excluding steroid dienone is 3. The largest absolute Gasteiger partial charge is 0.119 e. The monoisotopic (exact) mass is 134 g/mol. The standard InChI is InChI=1S/C10H14/c1-6-10(4,5)8-7-9(2)3/h1,7-8H,2H2,3-5H3/b8-7+. The second kappa shape index (κ2) is 3.27. The van der Waals surface area contributed by atoms with E-state index in [1.165, 1.54) is 0 Å². The van der Waals surface area contributed by atoms with Crippen molar-refractivity contribution in [1.29, 1.82) is 0 Å². The van der Waals surface area contributed by atoms with Crippen molar-refractivity contribution in [3.05, 3.63) is 24.3 Å². The van der Waals surface area contributed by atoms with Crippen molar-refractivity contribution in [1.82, 2.24) is 0 Å². The van der Waals surface area contributed by atoms with Gasteiger partial charge >= 0.3 is 0 Å². The molecule has 0 atom stereocenters. The molecule has 0 heteroatoms. The molecule has 0 aromatic carbocycles. The van der Waals surface area contributed by atoms with Gasteiger partial charge in [0, 0.05) is 5.41 Å². The molecule has 0 bridgehead atoms.